The van der Waals surface area contributed by atoms with E-state index in [2.05, 4.69) is 14.9 Å². The van der Waals surface area contributed by atoms with E-state index in [1.165, 1.54) is 17.0 Å². The molecule has 4 rings (SSSR count). The van der Waals surface area contributed by atoms with Crippen molar-refractivity contribution in [1.82, 2.24) is 19.8 Å². The van der Waals surface area contributed by atoms with Crippen molar-refractivity contribution in [3.05, 3.63) is 83.4 Å². The Bertz CT molecular complexity index is 1430. The van der Waals surface area contributed by atoms with Gasteiger partial charge in [-0.1, -0.05) is 41.6 Å². The first-order valence-corrected chi connectivity index (χ1v) is 12.7. The minimum atomic E-state index is -1.47. The summed E-state index contributed by atoms with van der Waals surface area (Å²) in [7, 11) is 1.76. The summed E-state index contributed by atoms with van der Waals surface area (Å²) in [6.45, 7) is 5.58. The predicted octanol–water partition coefficient (Wildman–Crippen LogP) is 5.07. The van der Waals surface area contributed by atoms with Crippen molar-refractivity contribution in [2.45, 2.75) is 38.0 Å². The highest BCUT2D eigenvalue weighted by Crippen LogP contribution is 2.34. The number of nitrogens with zero attached hydrogens (tertiary/aromatic N) is 3. The highest BCUT2D eigenvalue weighted by Gasteiger charge is 2.28. The van der Waals surface area contributed by atoms with Gasteiger partial charge in [-0.25, -0.2) is 18.3 Å². The van der Waals surface area contributed by atoms with E-state index < -0.39 is 27.6 Å². The van der Waals surface area contributed by atoms with Gasteiger partial charge in [0.15, 0.2) is 5.58 Å². The fraction of sp³-hybridized carbons (Fsp3) is 0.296. The molecule has 0 aliphatic rings. The monoisotopic (exact) mass is 508 g/mol. The molecule has 36 heavy (non-hydrogen) atoms. The van der Waals surface area contributed by atoms with Crippen LogP contribution in [0.25, 0.3) is 22.2 Å². The van der Waals surface area contributed by atoms with Crippen LogP contribution in [0, 0.1) is 5.82 Å². The number of pyridine rings is 1. The number of para-hydroxylation sites is 1. The average Bonchev–Trinajstić information content (AvgIpc) is 3.27. The van der Waals surface area contributed by atoms with Crippen molar-refractivity contribution in [2.75, 3.05) is 14.1 Å². The molecule has 2 unspecified atom stereocenters. The van der Waals surface area contributed by atoms with E-state index in [0.717, 1.165) is 16.5 Å². The Kier molecular flexibility index (Phi) is 7.33. The van der Waals surface area contributed by atoms with Crippen molar-refractivity contribution in [3.63, 3.8) is 0 Å². The van der Waals surface area contributed by atoms with Crippen molar-refractivity contribution in [1.29, 1.82) is 0 Å². The third-order valence-corrected chi connectivity index (χ3v) is 7.33. The fourth-order valence-electron chi connectivity index (χ4n) is 3.79. The van der Waals surface area contributed by atoms with Crippen LogP contribution in [-0.2, 0) is 17.4 Å². The molecule has 1 amide bonds. The topological polar surface area (TPSA) is 88.3 Å². The van der Waals surface area contributed by atoms with Gasteiger partial charge in [0.25, 0.3) is 5.91 Å². The largest absolute Gasteiger partial charge is 0.356 e. The van der Waals surface area contributed by atoms with Gasteiger partial charge in [0.2, 0.25) is 0 Å². The van der Waals surface area contributed by atoms with Gasteiger partial charge < -0.3 is 9.42 Å². The lowest BCUT2D eigenvalue weighted by Crippen LogP contribution is -2.37. The average molecular weight is 509 g/mol. The van der Waals surface area contributed by atoms with Gasteiger partial charge in [-0.2, -0.15) is 0 Å². The Balaban J connectivity index is 1.82. The standard InChI is InChI=1S/C27H29FN4O3S/c1-27(2,3)36(34)31-22(16-23-20(28)14-15-21(29-23)26(33)32(4)5)17-10-6-7-11-18(17)25-19-12-8-9-13-24(19)35-30-25/h6-15,22,31H,16H2,1-5H3. The second-order valence-corrected chi connectivity index (χ2v) is 11.7. The minimum Gasteiger partial charge on any atom is -0.356 e. The number of carbonyl (C=O) groups excluding carboxylic acids is 1. The minimum absolute atomic E-state index is 0.0645. The Hall–Kier alpha value is -3.43. The zero-order valence-electron chi connectivity index (χ0n) is 20.9. The molecule has 9 heteroatoms. The normalized spacial score (nSPS) is 13.5. The number of hydrogen-bond donors (Lipinski definition) is 1. The Morgan fingerprint density at radius 2 is 1.78 bits per heavy atom. The smallest absolute Gasteiger partial charge is 0.271 e. The van der Waals surface area contributed by atoms with Crippen LogP contribution >= 0.6 is 0 Å². The molecule has 2 aromatic carbocycles. The Morgan fingerprint density at radius 1 is 1.08 bits per heavy atom. The summed E-state index contributed by atoms with van der Waals surface area (Å²) in [5, 5.41) is 5.14. The second-order valence-electron chi connectivity index (χ2n) is 9.69. The lowest BCUT2D eigenvalue weighted by atomic mass is 9.94. The van der Waals surface area contributed by atoms with Gasteiger partial charge in [-0.05, 0) is 50.6 Å². The van der Waals surface area contributed by atoms with Crippen LogP contribution < -0.4 is 4.72 Å². The number of amides is 1. The van der Waals surface area contributed by atoms with Crippen molar-refractivity contribution >= 4 is 27.9 Å². The van der Waals surface area contributed by atoms with Crippen molar-refractivity contribution in [2.24, 2.45) is 0 Å². The van der Waals surface area contributed by atoms with Gasteiger partial charge in [0, 0.05) is 31.5 Å². The van der Waals surface area contributed by atoms with Crippen LogP contribution in [0.4, 0.5) is 4.39 Å². The van der Waals surface area contributed by atoms with E-state index in [1.807, 2.05) is 69.3 Å². The number of hydrogen-bond acceptors (Lipinski definition) is 5. The first kappa shape index (κ1) is 25.7. The summed E-state index contributed by atoms with van der Waals surface area (Å²) < 4.78 is 36.3. The highest BCUT2D eigenvalue weighted by atomic mass is 32.2. The molecule has 0 aliphatic heterocycles. The number of carbonyl (C=O) groups is 1. The summed E-state index contributed by atoms with van der Waals surface area (Å²) in [4.78, 5) is 18.2. The Morgan fingerprint density at radius 3 is 2.50 bits per heavy atom. The number of fused-ring (bicyclic) bond motifs is 1. The lowest BCUT2D eigenvalue weighted by molar-refractivity contribution is 0.0821. The first-order chi connectivity index (χ1) is 17.1. The number of halogens is 1. The van der Waals surface area contributed by atoms with E-state index >= 15 is 0 Å². The van der Waals surface area contributed by atoms with E-state index in [1.54, 1.807) is 14.1 Å². The van der Waals surface area contributed by atoms with Crippen LogP contribution in [0.5, 0.6) is 0 Å². The molecule has 1 N–H and O–H groups in total. The van der Waals surface area contributed by atoms with Gasteiger partial charge in [0.1, 0.15) is 17.2 Å². The number of benzene rings is 2. The summed E-state index contributed by atoms with van der Waals surface area (Å²) >= 11 is 0. The molecule has 0 saturated carbocycles. The van der Waals surface area contributed by atoms with Crippen molar-refractivity contribution < 1.29 is 17.9 Å². The van der Waals surface area contributed by atoms with Gasteiger partial charge >= 0.3 is 0 Å². The SMILES string of the molecule is CN(C)C(=O)c1ccc(F)c(CC(NS(=O)C(C)(C)C)c2ccccc2-c2noc3ccccc23)n1. The molecule has 4 aromatic rings. The third kappa shape index (κ3) is 5.37. The maximum atomic E-state index is 14.9. The van der Waals surface area contributed by atoms with Crippen LogP contribution in [0.2, 0.25) is 0 Å². The molecule has 0 radical (unpaired) electrons. The van der Waals surface area contributed by atoms with Crippen LogP contribution in [0.3, 0.4) is 0 Å². The number of aromatic nitrogens is 2. The molecule has 2 atom stereocenters. The van der Waals surface area contributed by atoms with Crippen molar-refractivity contribution in [3.8, 4) is 11.3 Å². The maximum absolute atomic E-state index is 14.9. The van der Waals surface area contributed by atoms with Gasteiger partial charge in [-0.15, -0.1) is 0 Å². The summed E-state index contributed by atoms with van der Waals surface area (Å²) in [6.07, 6.45) is 0.0645. The zero-order valence-corrected chi connectivity index (χ0v) is 21.7. The molecule has 2 heterocycles. The van der Waals surface area contributed by atoms with Crippen LogP contribution in [-0.4, -0.2) is 44.0 Å². The van der Waals surface area contributed by atoms with Crippen LogP contribution in [0.15, 0.2) is 65.2 Å². The maximum Gasteiger partial charge on any atom is 0.271 e. The molecular weight excluding hydrogens is 479 g/mol. The molecular formula is C27H29FN4O3S. The molecule has 0 aliphatic carbocycles. The number of nitrogens with one attached hydrogen (secondary N) is 1. The van der Waals surface area contributed by atoms with E-state index in [-0.39, 0.29) is 23.7 Å². The highest BCUT2D eigenvalue weighted by molar-refractivity contribution is 7.84. The van der Waals surface area contributed by atoms with E-state index in [0.29, 0.717) is 11.3 Å². The van der Waals surface area contributed by atoms with E-state index in [4.69, 9.17) is 4.52 Å². The number of rotatable bonds is 7. The summed E-state index contributed by atoms with van der Waals surface area (Å²) in [5.74, 6) is -0.864. The van der Waals surface area contributed by atoms with Gasteiger partial charge in [0.05, 0.1) is 27.5 Å². The Labute approximate surface area is 212 Å². The van der Waals surface area contributed by atoms with E-state index in [9.17, 15) is 13.4 Å². The molecule has 0 fully saturated rings. The molecule has 7 nitrogen and oxygen atoms in total. The van der Waals surface area contributed by atoms with Crippen LogP contribution in [0.1, 0.15) is 48.6 Å². The fourth-order valence-corrected chi connectivity index (χ4v) is 4.61. The molecule has 0 saturated heterocycles. The molecule has 0 spiro atoms. The quantitative estimate of drug-likeness (QED) is 0.377. The first-order valence-electron chi connectivity index (χ1n) is 11.5. The molecule has 2 aromatic heterocycles. The second kappa shape index (κ2) is 10.3. The summed E-state index contributed by atoms with van der Waals surface area (Å²) in [5.41, 5.74) is 3.06. The molecule has 0 bridgehead atoms. The summed E-state index contributed by atoms with van der Waals surface area (Å²) in [6, 6.07) is 17.1. The predicted molar refractivity (Wildman–Crippen MR) is 139 cm³/mol. The molecule has 188 valence electrons. The third-order valence-electron chi connectivity index (χ3n) is 5.72. The lowest BCUT2D eigenvalue weighted by Gasteiger charge is -2.26. The van der Waals surface area contributed by atoms with Gasteiger partial charge in [-0.3, -0.25) is 4.79 Å². The zero-order chi connectivity index (χ0) is 26.0.